The zero-order chi connectivity index (χ0) is 13.9. The number of carbonyl (C=O) groups is 2. The number of aldehydes is 1. The number of hydrogen-bond donors (Lipinski definition) is 2. The lowest BCUT2D eigenvalue weighted by Crippen LogP contribution is -2.35. The maximum absolute atomic E-state index is 11.5. The number of aryl methyl sites for hydroxylation is 1. The fraction of sp³-hybridized carbons (Fsp3) is 0.333. The summed E-state index contributed by atoms with van der Waals surface area (Å²) in [5, 5.41) is 1.15. The lowest BCUT2D eigenvalue weighted by Gasteiger charge is -2.23. The number of para-hydroxylation sites is 1. The Kier molecular flexibility index (Phi) is 3.69. The normalized spacial score (nSPS) is 14.2. The number of primary amides is 1. The third-order valence-corrected chi connectivity index (χ3v) is 3.75. The minimum atomic E-state index is -0.764. The minimum Gasteiger partial charge on any atom is -0.369 e. The molecule has 0 aliphatic carbocycles. The van der Waals surface area contributed by atoms with Crippen LogP contribution in [-0.2, 0) is 16.0 Å². The minimum absolute atomic E-state index is 0.171. The van der Waals surface area contributed by atoms with E-state index in [1.54, 1.807) is 6.92 Å². The van der Waals surface area contributed by atoms with Gasteiger partial charge < -0.3 is 15.5 Å². The molecule has 2 rings (SSSR count). The summed E-state index contributed by atoms with van der Waals surface area (Å²) in [7, 11) is 0. The average Bonchev–Trinajstić information content (AvgIpc) is 2.80. The molecule has 1 heterocycles. The van der Waals surface area contributed by atoms with E-state index < -0.39 is 11.3 Å². The topological polar surface area (TPSA) is 75.9 Å². The molecule has 0 aliphatic rings. The van der Waals surface area contributed by atoms with Crippen LogP contribution >= 0.6 is 0 Å². The van der Waals surface area contributed by atoms with E-state index in [4.69, 9.17) is 5.73 Å². The summed E-state index contributed by atoms with van der Waals surface area (Å²) in [5.74, 6) is -0.417. The van der Waals surface area contributed by atoms with Gasteiger partial charge in [-0.3, -0.25) is 4.79 Å². The second kappa shape index (κ2) is 5.26. The van der Waals surface area contributed by atoms with Crippen LogP contribution in [0.5, 0.6) is 0 Å². The molecule has 0 bridgehead atoms. The van der Waals surface area contributed by atoms with Gasteiger partial charge in [0.25, 0.3) is 0 Å². The van der Waals surface area contributed by atoms with Gasteiger partial charge in [0.1, 0.15) is 6.29 Å². The molecule has 0 spiro atoms. The molecule has 100 valence electrons. The van der Waals surface area contributed by atoms with E-state index in [0.29, 0.717) is 6.42 Å². The highest BCUT2D eigenvalue weighted by Crippen LogP contribution is 2.28. The lowest BCUT2D eigenvalue weighted by molar-refractivity contribution is -0.129. The Morgan fingerprint density at radius 3 is 2.84 bits per heavy atom. The van der Waals surface area contributed by atoms with Crippen LogP contribution in [0.4, 0.5) is 0 Å². The van der Waals surface area contributed by atoms with Gasteiger partial charge in [0.2, 0.25) is 5.91 Å². The summed E-state index contributed by atoms with van der Waals surface area (Å²) in [6.45, 7) is 1.75. The van der Waals surface area contributed by atoms with Crippen molar-refractivity contribution in [2.24, 2.45) is 11.1 Å². The van der Waals surface area contributed by atoms with Crippen molar-refractivity contribution in [3.05, 3.63) is 36.0 Å². The maximum Gasteiger partial charge on any atom is 0.223 e. The quantitative estimate of drug-likeness (QED) is 0.779. The monoisotopic (exact) mass is 258 g/mol. The summed E-state index contributed by atoms with van der Waals surface area (Å²) in [4.78, 5) is 25.4. The number of amides is 1. The molecule has 19 heavy (non-hydrogen) atoms. The molecule has 0 unspecified atom stereocenters. The number of hydrogen-bond acceptors (Lipinski definition) is 2. The summed E-state index contributed by atoms with van der Waals surface area (Å²) in [6, 6.07) is 8.01. The highest BCUT2D eigenvalue weighted by atomic mass is 16.1. The molecule has 0 fully saturated rings. The fourth-order valence-corrected chi connectivity index (χ4v) is 2.26. The van der Waals surface area contributed by atoms with Gasteiger partial charge in [-0.15, -0.1) is 0 Å². The van der Waals surface area contributed by atoms with Crippen LogP contribution in [0, 0.1) is 5.41 Å². The van der Waals surface area contributed by atoms with Gasteiger partial charge in [-0.2, -0.15) is 0 Å². The van der Waals surface area contributed by atoms with Crippen molar-refractivity contribution in [2.45, 2.75) is 26.2 Å². The Morgan fingerprint density at radius 1 is 1.42 bits per heavy atom. The first-order chi connectivity index (χ1) is 9.07. The molecule has 0 radical (unpaired) electrons. The van der Waals surface area contributed by atoms with Gasteiger partial charge in [0.05, 0.1) is 5.41 Å². The molecule has 3 N–H and O–H groups in total. The fourth-order valence-electron chi connectivity index (χ4n) is 2.26. The van der Waals surface area contributed by atoms with Crippen LogP contribution in [-0.4, -0.2) is 17.2 Å². The van der Waals surface area contributed by atoms with Crippen molar-refractivity contribution >= 4 is 23.1 Å². The predicted octanol–water partition coefficient (Wildman–Crippen LogP) is 2.18. The van der Waals surface area contributed by atoms with Crippen molar-refractivity contribution in [3.63, 3.8) is 0 Å². The van der Waals surface area contributed by atoms with Crippen LogP contribution in [0.3, 0.4) is 0 Å². The highest BCUT2D eigenvalue weighted by Gasteiger charge is 2.30. The number of benzene rings is 1. The first kappa shape index (κ1) is 13.3. The number of H-pyrrole nitrogens is 1. The van der Waals surface area contributed by atoms with Crippen molar-refractivity contribution in [1.82, 2.24) is 4.98 Å². The Bertz CT molecular complexity index is 603. The molecule has 4 nitrogen and oxygen atoms in total. The van der Waals surface area contributed by atoms with Crippen molar-refractivity contribution < 1.29 is 9.59 Å². The zero-order valence-electron chi connectivity index (χ0n) is 11.0. The molecule has 1 amide bonds. The van der Waals surface area contributed by atoms with Crippen LogP contribution in [0.25, 0.3) is 10.9 Å². The standard InChI is InChI=1S/C15H18N2O2/c1-15(8-9-18,14(16)19)7-6-11-10-17-13-5-3-2-4-12(11)13/h2-5,9-10,17H,6-8H2,1H3,(H2,16,19)/t15-/m1/s1. The van der Waals surface area contributed by atoms with E-state index in [-0.39, 0.29) is 6.42 Å². The lowest BCUT2D eigenvalue weighted by atomic mass is 9.81. The van der Waals surface area contributed by atoms with E-state index in [1.807, 2.05) is 30.5 Å². The van der Waals surface area contributed by atoms with Crippen molar-refractivity contribution in [1.29, 1.82) is 0 Å². The van der Waals surface area contributed by atoms with Gasteiger partial charge in [0.15, 0.2) is 0 Å². The number of nitrogens with one attached hydrogen (secondary N) is 1. The van der Waals surface area contributed by atoms with E-state index in [1.165, 1.54) is 0 Å². The molecular formula is C15H18N2O2. The van der Waals surface area contributed by atoms with Gasteiger partial charge >= 0.3 is 0 Å². The molecule has 2 aromatic rings. The van der Waals surface area contributed by atoms with Gasteiger partial charge in [0, 0.05) is 23.5 Å². The van der Waals surface area contributed by atoms with Crippen LogP contribution in [0.2, 0.25) is 0 Å². The van der Waals surface area contributed by atoms with E-state index >= 15 is 0 Å². The number of nitrogens with two attached hydrogens (primary N) is 1. The predicted molar refractivity (Wildman–Crippen MR) is 74.6 cm³/mol. The van der Waals surface area contributed by atoms with E-state index in [0.717, 1.165) is 29.2 Å². The maximum atomic E-state index is 11.5. The zero-order valence-corrected chi connectivity index (χ0v) is 11.0. The second-order valence-electron chi connectivity index (χ2n) is 5.16. The number of rotatable bonds is 6. The third kappa shape index (κ3) is 2.67. The number of aromatic nitrogens is 1. The van der Waals surface area contributed by atoms with Crippen LogP contribution in [0.15, 0.2) is 30.5 Å². The second-order valence-corrected chi connectivity index (χ2v) is 5.16. The Labute approximate surface area is 112 Å². The molecular weight excluding hydrogens is 240 g/mol. The first-order valence-corrected chi connectivity index (χ1v) is 6.35. The Balaban J connectivity index is 2.17. The smallest absolute Gasteiger partial charge is 0.223 e. The van der Waals surface area contributed by atoms with Crippen molar-refractivity contribution in [3.8, 4) is 0 Å². The Morgan fingerprint density at radius 2 is 2.16 bits per heavy atom. The molecule has 0 saturated heterocycles. The third-order valence-electron chi connectivity index (χ3n) is 3.75. The summed E-state index contributed by atoms with van der Waals surface area (Å²) < 4.78 is 0. The Hall–Kier alpha value is -2.10. The van der Waals surface area contributed by atoms with Crippen molar-refractivity contribution in [2.75, 3.05) is 0 Å². The van der Waals surface area contributed by atoms with Gasteiger partial charge in [-0.05, 0) is 24.5 Å². The SMILES string of the molecule is C[C@](CC=O)(CCc1c[nH]c2ccccc12)C(N)=O. The highest BCUT2D eigenvalue weighted by molar-refractivity contribution is 5.84. The number of carbonyl (C=O) groups excluding carboxylic acids is 2. The number of fused-ring (bicyclic) bond motifs is 1. The summed E-state index contributed by atoms with van der Waals surface area (Å²) in [6.07, 6.45) is 4.18. The molecule has 0 aliphatic heterocycles. The van der Waals surface area contributed by atoms with Gasteiger partial charge in [-0.25, -0.2) is 0 Å². The summed E-state index contributed by atoms with van der Waals surface area (Å²) in [5.41, 5.74) is 6.86. The molecule has 4 heteroatoms. The molecule has 1 aromatic carbocycles. The largest absolute Gasteiger partial charge is 0.369 e. The average molecular weight is 258 g/mol. The number of aromatic amines is 1. The van der Waals surface area contributed by atoms with Gasteiger partial charge in [-0.1, -0.05) is 25.1 Å². The van der Waals surface area contributed by atoms with Crippen LogP contribution in [0.1, 0.15) is 25.3 Å². The van der Waals surface area contributed by atoms with E-state index in [2.05, 4.69) is 4.98 Å². The first-order valence-electron chi connectivity index (χ1n) is 6.35. The molecule has 1 atom stereocenters. The summed E-state index contributed by atoms with van der Waals surface area (Å²) >= 11 is 0. The molecule has 1 aromatic heterocycles. The van der Waals surface area contributed by atoms with Crippen LogP contribution < -0.4 is 5.73 Å². The van der Waals surface area contributed by atoms with E-state index in [9.17, 15) is 9.59 Å². The molecule has 0 saturated carbocycles.